The maximum absolute atomic E-state index is 13.0. The summed E-state index contributed by atoms with van der Waals surface area (Å²) >= 11 is 6.81. The van der Waals surface area contributed by atoms with Crippen LogP contribution in [0.25, 0.3) is 0 Å². The van der Waals surface area contributed by atoms with Crippen LogP contribution in [0.5, 0.6) is 0 Å². The molecule has 8 heteroatoms. The van der Waals surface area contributed by atoms with Crippen molar-refractivity contribution >= 4 is 46.7 Å². The number of anilines is 1. The third-order valence-electron chi connectivity index (χ3n) is 3.09. The average molecular weight is 396 g/mol. The van der Waals surface area contributed by atoms with Crippen molar-refractivity contribution in [1.29, 1.82) is 0 Å². The number of amides is 1. The Hall–Kier alpha value is -2.38. The van der Waals surface area contributed by atoms with Crippen LogP contribution in [-0.2, 0) is 14.3 Å². The molecule has 5 nitrogen and oxygen atoms in total. The first-order valence-corrected chi connectivity index (χ1v) is 9.05. The van der Waals surface area contributed by atoms with Crippen LogP contribution in [0.2, 0.25) is 5.02 Å². The van der Waals surface area contributed by atoms with Crippen LogP contribution in [-0.4, -0.2) is 35.8 Å². The van der Waals surface area contributed by atoms with Crippen LogP contribution in [0.1, 0.15) is 10.4 Å². The van der Waals surface area contributed by atoms with E-state index >= 15 is 0 Å². The van der Waals surface area contributed by atoms with Gasteiger partial charge in [-0.3, -0.25) is 14.4 Å². The van der Waals surface area contributed by atoms with Crippen molar-refractivity contribution in [2.75, 3.05) is 23.4 Å². The lowest BCUT2D eigenvalue weighted by atomic mass is 10.1. The molecule has 1 N–H and O–H groups in total. The summed E-state index contributed by atoms with van der Waals surface area (Å²) in [7, 11) is 0. The van der Waals surface area contributed by atoms with Gasteiger partial charge in [-0.1, -0.05) is 23.7 Å². The number of halogens is 2. The van der Waals surface area contributed by atoms with Crippen molar-refractivity contribution in [2.45, 2.75) is 0 Å². The third kappa shape index (κ3) is 6.85. The molecular formula is C18H15ClFNO4S. The standard InChI is InChI=1S/C18H15ClFNO4S/c19-13-4-6-15(7-5-13)21-17(23)10-26-11-18(24)25-9-16(22)12-2-1-3-14(20)8-12/h1-8H,9-11H2,(H,21,23). The number of carbonyl (C=O) groups excluding carboxylic acids is 3. The second-order valence-corrected chi connectivity index (χ2v) is 6.56. The molecule has 0 radical (unpaired) electrons. The number of ketones is 1. The van der Waals surface area contributed by atoms with Crippen molar-refractivity contribution in [3.05, 3.63) is 64.9 Å². The molecule has 2 aromatic rings. The number of rotatable bonds is 8. The largest absolute Gasteiger partial charge is 0.457 e. The summed E-state index contributed by atoms with van der Waals surface area (Å²) in [5.41, 5.74) is 0.732. The number of esters is 1. The molecule has 0 atom stereocenters. The van der Waals surface area contributed by atoms with E-state index in [4.69, 9.17) is 16.3 Å². The number of Topliss-reactive ketones (excluding diaryl/α,β-unsaturated/α-hetero) is 1. The van der Waals surface area contributed by atoms with Crippen LogP contribution in [0.4, 0.5) is 10.1 Å². The highest BCUT2D eigenvalue weighted by Crippen LogP contribution is 2.14. The average Bonchev–Trinajstić information content (AvgIpc) is 2.61. The van der Waals surface area contributed by atoms with Gasteiger partial charge in [-0.25, -0.2) is 4.39 Å². The molecule has 0 saturated heterocycles. The van der Waals surface area contributed by atoms with E-state index in [-0.39, 0.29) is 23.0 Å². The van der Waals surface area contributed by atoms with Crippen molar-refractivity contribution in [1.82, 2.24) is 0 Å². The van der Waals surface area contributed by atoms with Crippen molar-refractivity contribution < 1.29 is 23.5 Å². The number of benzene rings is 2. The Bertz CT molecular complexity index is 798. The molecule has 26 heavy (non-hydrogen) atoms. The second-order valence-electron chi connectivity index (χ2n) is 5.14. The third-order valence-corrected chi connectivity index (χ3v) is 4.25. The highest BCUT2D eigenvalue weighted by Gasteiger charge is 2.11. The summed E-state index contributed by atoms with van der Waals surface area (Å²) in [4.78, 5) is 35.1. The minimum atomic E-state index is -0.626. The molecule has 0 aliphatic rings. The number of hydrogen-bond donors (Lipinski definition) is 1. The van der Waals surface area contributed by atoms with Crippen LogP contribution in [0, 0.1) is 5.82 Å². The molecule has 136 valence electrons. The summed E-state index contributed by atoms with van der Waals surface area (Å²) < 4.78 is 17.9. The maximum Gasteiger partial charge on any atom is 0.316 e. The van der Waals surface area contributed by atoms with Gasteiger partial charge < -0.3 is 10.1 Å². The van der Waals surface area contributed by atoms with Crippen molar-refractivity contribution in [3.63, 3.8) is 0 Å². The fourth-order valence-electron chi connectivity index (χ4n) is 1.89. The van der Waals surface area contributed by atoms with E-state index in [1.165, 1.54) is 18.2 Å². The summed E-state index contributed by atoms with van der Waals surface area (Å²) in [6.45, 7) is -0.472. The zero-order chi connectivity index (χ0) is 18.9. The molecule has 0 aliphatic carbocycles. The van der Waals surface area contributed by atoms with Gasteiger partial charge in [0, 0.05) is 16.3 Å². The molecular weight excluding hydrogens is 381 g/mol. The highest BCUT2D eigenvalue weighted by molar-refractivity contribution is 8.00. The first-order chi connectivity index (χ1) is 12.4. The Morgan fingerprint density at radius 3 is 2.50 bits per heavy atom. The molecule has 1 amide bonds. The Balaban J connectivity index is 1.66. The fraction of sp³-hybridized carbons (Fsp3) is 0.167. The molecule has 0 aromatic heterocycles. The molecule has 0 unspecified atom stereocenters. The number of hydrogen-bond acceptors (Lipinski definition) is 5. The summed E-state index contributed by atoms with van der Waals surface area (Å²) in [6.07, 6.45) is 0. The lowest BCUT2D eigenvalue weighted by Gasteiger charge is -2.06. The Kier molecular flexibility index (Phi) is 7.62. The topological polar surface area (TPSA) is 72.5 Å². The van der Waals surface area contributed by atoms with Gasteiger partial charge in [-0.05, 0) is 36.4 Å². The summed E-state index contributed by atoms with van der Waals surface area (Å²) in [5, 5.41) is 3.22. The summed E-state index contributed by atoms with van der Waals surface area (Å²) in [5.74, 6) is -1.96. The highest BCUT2D eigenvalue weighted by atomic mass is 35.5. The number of thioether (sulfide) groups is 1. The lowest BCUT2D eigenvalue weighted by molar-refractivity contribution is -0.139. The van der Waals surface area contributed by atoms with Gasteiger partial charge in [0.15, 0.2) is 12.4 Å². The first kappa shape index (κ1) is 19.9. The van der Waals surface area contributed by atoms with E-state index in [0.29, 0.717) is 10.7 Å². The zero-order valence-corrected chi connectivity index (χ0v) is 15.1. The predicted molar refractivity (Wildman–Crippen MR) is 99.1 cm³/mol. The first-order valence-electron chi connectivity index (χ1n) is 7.51. The van der Waals surface area contributed by atoms with Crippen LogP contribution < -0.4 is 5.32 Å². The van der Waals surface area contributed by atoms with Crippen LogP contribution >= 0.6 is 23.4 Å². The molecule has 0 fully saturated rings. The van der Waals surface area contributed by atoms with E-state index in [2.05, 4.69) is 5.32 Å². The van der Waals surface area contributed by atoms with Gasteiger partial charge in [0.25, 0.3) is 0 Å². The Labute approximate surface area is 158 Å². The maximum atomic E-state index is 13.0. The second kappa shape index (κ2) is 9.94. The molecule has 0 spiro atoms. The molecule has 0 heterocycles. The van der Waals surface area contributed by atoms with Gasteiger partial charge in [-0.15, -0.1) is 11.8 Å². The van der Waals surface area contributed by atoms with E-state index < -0.39 is 24.2 Å². The van der Waals surface area contributed by atoms with E-state index in [1.54, 1.807) is 24.3 Å². The van der Waals surface area contributed by atoms with Crippen molar-refractivity contribution in [3.8, 4) is 0 Å². The van der Waals surface area contributed by atoms with Gasteiger partial charge in [0.05, 0.1) is 11.5 Å². The number of ether oxygens (including phenoxy) is 1. The Morgan fingerprint density at radius 2 is 1.81 bits per heavy atom. The quantitative estimate of drug-likeness (QED) is 0.546. The molecule has 0 bridgehead atoms. The van der Waals surface area contributed by atoms with E-state index in [9.17, 15) is 18.8 Å². The molecule has 2 rings (SSSR count). The smallest absolute Gasteiger partial charge is 0.316 e. The van der Waals surface area contributed by atoms with Crippen LogP contribution in [0.15, 0.2) is 48.5 Å². The molecule has 2 aromatic carbocycles. The van der Waals surface area contributed by atoms with E-state index in [0.717, 1.165) is 17.8 Å². The van der Waals surface area contributed by atoms with Gasteiger partial charge in [0.2, 0.25) is 5.91 Å². The Morgan fingerprint density at radius 1 is 1.08 bits per heavy atom. The summed E-state index contributed by atoms with van der Waals surface area (Å²) in [6, 6.07) is 11.8. The minimum absolute atomic E-state index is 0.0512. The minimum Gasteiger partial charge on any atom is -0.457 e. The predicted octanol–water partition coefficient (Wildman–Crippen LogP) is 3.58. The lowest BCUT2D eigenvalue weighted by Crippen LogP contribution is -2.18. The van der Waals surface area contributed by atoms with Crippen LogP contribution in [0.3, 0.4) is 0 Å². The number of nitrogens with one attached hydrogen (secondary N) is 1. The van der Waals surface area contributed by atoms with Gasteiger partial charge in [-0.2, -0.15) is 0 Å². The normalized spacial score (nSPS) is 10.2. The SMILES string of the molecule is O=C(CSCC(=O)OCC(=O)c1cccc(F)c1)Nc1ccc(Cl)cc1. The fourth-order valence-corrected chi connectivity index (χ4v) is 2.63. The van der Waals surface area contributed by atoms with Gasteiger partial charge in [0.1, 0.15) is 5.82 Å². The van der Waals surface area contributed by atoms with E-state index in [1.807, 2.05) is 0 Å². The molecule has 0 saturated carbocycles. The zero-order valence-electron chi connectivity index (χ0n) is 13.5. The molecule has 0 aliphatic heterocycles. The number of carbonyl (C=O) groups is 3. The van der Waals surface area contributed by atoms with Gasteiger partial charge >= 0.3 is 5.97 Å². The monoisotopic (exact) mass is 395 g/mol. The van der Waals surface area contributed by atoms with Crippen molar-refractivity contribution in [2.24, 2.45) is 0 Å².